The second-order valence-corrected chi connectivity index (χ2v) is 8.70. The molecule has 4 rings (SSSR count). The lowest BCUT2D eigenvalue weighted by Gasteiger charge is -2.26. The van der Waals surface area contributed by atoms with E-state index in [4.69, 9.17) is 9.47 Å². The molecule has 1 saturated heterocycles. The molecule has 5 nitrogen and oxygen atoms in total. The Bertz CT molecular complexity index is 899. The van der Waals surface area contributed by atoms with Gasteiger partial charge in [0.25, 0.3) is 0 Å². The van der Waals surface area contributed by atoms with Gasteiger partial charge in [0.1, 0.15) is 18.1 Å². The number of piperidine rings is 1. The third-order valence-corrected chi connectivity index (χ3v) is 6.18. The van der Waals surface area contributed by atoms with Gasteiger partial charge in [-0.25, -0.2) is 0 Å². The molecule has 2 aliphatic rings. The minimum absolute atomic E-state index is 0.0553. The zero-order chi connectivity index (χ0) is 22.2. The predicted molar refractivity (Wildman–Crippen MR) is 128 cm³/mol. The lowest BCUT2D eigenvalue weighted by Crippen LogP contribution is -2.33. The van der Waals surface area contributed by atoms with E-state index in [1.54, 1.807) is 13.2 Å². The standard InChI is InChI=1S/C27H34N2O3/c1-31-25-13-8-22(9-14-25)10-15-27(30)29(24-11-12-24)21-23-6-5-7-26(20-23)32-19-18-28-16-3-2-4-17-28/h5-10,13-15,20,24H,2-4,11-12,16-19,21H2,1H3/b15-10+. The Kier molecular flexibility index (Phi) is 7.83. The molecule has 2 aromatic carbocycles. The number of nitrogens with zero attached hydrogens (tertiary/aromatic N) is 2. The van der Waals surface area contributed by atoms with E-state index in [1.807, 2.05) is 47.4 Å². The van der Waals surface area contributed by atoms with Crippen LogP contribution in [0.1, 0.15) is 43.2 Å². The molecule has 2 fully saturated rings. The maximum absolute atomic E-state index is 12.9. The molecule has 1 amide bonds. The lowest BCUT2D eigenvalue weighted by molar-refractivity contribution is -0.127. The highest BCUT2D eigenvalue weighted by Gasteiger charge is 2.31. The molecule has 0 unspecified atom stereocenters. The Balaban J connectivity index is 1.32. The highest BCUT2D eigenvalue weighted by Crippen LogP contribution is 2.29. The van der Waals surface area contributed by atoms with Crippen LogP contribution in [0.4, 0.5) is 0 Å². The Hall–Kier alpha value is -2.79. The van der Waals surface area contributed by atoms with Gasteiger partial charge < -0.3 is 14.4 Å². The quantitative estimate of drug-likeness (QED) is 0.506. The fourth-order valence-electron chi connectivity index (χ4n) is 4.16. The van der Waals surface area contributed by atoms with Crippen molar-refractivity contribution in [2.24, 2.45) is 0 Å². The van der Waals surface area contributed by atoms with E-state index in [-0.39, 0.29) is 5.91 Å². The molecule has 170 valence electrons. The largest absolute Gasteiger partial charge is 0.497 e. The second-order valence-electron chi connectivity index (χ2n) is 8.70. The summed E-state index contributed by atoms with van der Waals surface area (Å²) in [6.07, 6.45) is 9.66. The van der Waals surface area contributed by atoms with E-state index in [0.717, 1.165) is 42.0 Å². The first-order valence-electron chi connectivity index (χ1n) is 11.8. The first-order chi connectivity index (χ1) is 15.7. The highest BCUT2D eigenvalue weighted by atomic mass is 16.5. The molecule has 0 spiro atoms. The van der Waals surface area contributed by atoms with Crippen molar-refractivity contribution < 1.29 is 14.3 Å². The van der Waals surface area contributed by atoms with Crippen molar-refractivity contribution in [3.63, 3.8) is 0 Å². The van der Waals surface area contributed by atoms with Gasteiger partial charge in [-0.15, -0.1) is 0 Å². The average molecular weight is 435 g/mol. The van der Waals surface area contributed by atoms with Crippen LogP contribution in [0.25, 0.3) is 6.08 Å². The van der Waals surface area contributed by atoms with Crippen LogP contribution in [0.5, 0.6) is 11.5 Å². The number of carbonyl (C=O) groups is 1. The lowest BCUT2D eigenvalue weighted by atomic mass is 10.1. The van der Waals surface area contributed by atoms with Gasteiger partial charge in [-0.2, -0.15) is 0 Å². The van der Waals surface area contributed by atoms with Gasteiger partial charge in [-0.3, -0.25) is 9.69 Å². The van der Waals surface area contributed by atoms with Gasteiger partial charge in [0.2, 0.25) is 5.91 Å². The molecule has 1 heterocycles. The Morgan fingerprint density at radius 2 is 1.84 bits per heavy atom. The Labute approximate surface area is 191 Å². The molecule has 0 aromatic heterocycles. The molecule has 5 heteroatoms. The van der Waals surface area contributed by atoms with E-state index in [9.17, 15) is 4.79 Å². The summed E-state index contributed by atoms with van der Waals surface area (Å²) in [4.78, 5) is 17.4. The number of methoxy groups -OCH3 is 1. The topological polar surface area (TPSA) is 42.0 Å². The highest BCUT2D eigenvalue weighted by molar-refractivity contribution is 5.92. The molecular weight excluding hydrogens is 400 g/mol. The van der Waals surface area contributed by atoms with Crippen molar-refractivity contribution in [3.05, 3.63) is 65.7 Å². The zero-order valence-corrected chi connectivity index (χ0v) is 19.0. The number of rotatable bonds is 10. The number of benzene rings is 2. The molecule has 1 aliphatic carbocycles. The summed E-state index contributed by atoms with van der Waals surface area (Å²) in [5.74, 6) is 1.75. The first-order valence-corrected chi connectivity index (χ1v) is 11.8. The van der Waals surface area contributed by atoms with Crippen molar-refractivity contribution >= 4 is 12.0 Å². The maximum Gasteiger partial charge on any atom is 0.247 e. The maximum atomic E-state index is 12.9. The van der Waals surface area contributed by atoms with E-state index < -0.39 is 0 Å². The molecule has 0 bridgehead atoms. The van der Waals surface area contributed by atoms with Gasteiger partial charge in [-0.1, -0.05) is 30.7 Å². The number of hydrogen-bond donors (Lipinski definition) is 0. The van der Waals surface area contributed by atoms with Gasteiger partial charge in [0.15, 0.2) is 0 Å². The Morgan fingerprint density at radius 1 is 1.06 bits per heavy atom. The van der Waals surface area contributed by atoms with E-state index in [1.165, 1.54) is 32.4 Å². The molecule has 0 radical (unpaired) electrons. The fourth-order valence-corrected chi connectivity index (χ4v) is 4.16. The van der Waals surface area contributed by atoms with Crippen molar-refractivity contribution in [1.29, 1.82) is 0 Å². The summed E-state index contributed by atoms with van der Waals surface area (Å²) in [5, 5.41) is 0. The van der Waals surface area contributed by atoms with Gasteiger partial charge in [0, 0.05) is 25.2 Å². The number of ether oxygens (including phenoxy) is 2. The third kappa shape index (κ3) is 6.60. The smallest absolute Gasteiger partial charge is 0.247 e. The first kappa shape index (κ1) is 22.4. The van der Waals surface area contributed by atoms with E-state index in [0.29, 0.717) is 19.2 Å². The molecule has 0 atom stereocenters. The molecular formula is C27H34N2O3. The van der Waals surface area contributed by atoms with Crippen molar-refractivity contribution in [2.75, 3.05) is 33.4 Å². The minimum atomic E-state index is 0.0553. The van der Waals surface area contributed by atoms with Crippen molar-refractivity contribution in [3.8, 4) is 11.5 Å². The molecule has 0 N–H and O–H groups in total. The van der Waals surface area contributed by atoms with E-state index >= 15 is 0 Å². The minimum Gasteiger partial charge on any atom is -0.497 e. The summed E-state index contributed by atoms with van der Waals surface area (Å²) in [5.41, 5.74) is 2.09. The second kappa shape index (κ2) is 11.2. The summed E-state index contributed by atoms with van der Waals surface area (Å²) in [6, 6.07) is 16.2. The Morgan fingerprint density at radius 3 is 2.56 bits per heavy atom. The van der Waals surface area contributed by atoms with Gasteiger partial charge >= 0.3 is 0 Å². The summed E-state index contributed by atoms with van der Waals surface area (Å²) < 4.78 is 11.2. The average Bonchev–Trinajstić information content (AvgIpc) is 3.68. The van der Waals surface area contributed by atoms with Crippen molar-refractivity contribution in [1.82, 2.24) is 9.80 Å². The normalized spacial score (nSPS) is 16.8. The van der Waals surface area contributed by atoms with E-state index in [2.05, 4.69) is 17.0 Å². The summed E-state index contributed by atoms with van der Waals surface area (Å²) in [7, 11) is 1.65. The van der Waals surface area contributed by atoms with Crippen LogP contribution in [-0.2, 0) is 11.3 Å². The predicted octanol–water partition coefficient (Wildman–Crippen LogP) is 4.76. The van der Waals surface area contributed by atoms with Crippen molar-refractivity contribution in [2.45, 2.75) is 44.7 Å². The number of amides is 1. The van der Waals surface area contributed by atoms with Crippen LogP contribution in [0, 0.1) is 0 Å². The zero-order valence-electron chi connectivity index (χ0n) is 19.0. The van der Waals surface area contributed by atoms with Gasteiger partial charge in [0.05, 0.1) is 7.11 Å². The SMILES string of the molecule is COc1ccc(/C=C/C(=O)N(Cc2cccc(OCCN3CCCCC3)c2)C2CC2)cc1. The monoisotopic (exact) mass is 434 g/mol. The molecule has 1 saturated carbocycles. The van der Waals surface area contributed by atoms with Crippen LogP contribution in [0.15, 0.2) is 54.6 Å². The van der Waals surface area contributed by atoms with Crippen LogP contribution in [-0.4, -0.2) is 55.1 Å². The van der Waals surface area contributed by atoms with Crippen LogP contribution >= 0.6 is 0 Å². The fraction of sp³-hybridized carbons (Fsp3) is 0.444. The van der Waals surface area contributed by atoms with Crippen LogP contribution in [0.3, 0.4) is 0 Å². The molecule has 1 aliphatic heterocycles. The van der Waals surface area contributed by atoms with Gasteiger partial charge in [-0.05, 0) is 80.2 Å². The summed E-state index contributed by atoms with van der Waals surface area (Å²) >= 11 is 0. The third-order valence-electron chi connectivity index (χ3n) is 6.18. The molecule has 2 aromatic rings. The number of hydrogen-bond acceptors (Lipinski definition) is 4. The number of carbonyl (C=O) groups excluding carboxylic acids is 1. The number of likely N-dealkylation sites (tertiary alicyclic amines) is 1. The summed E-state index contributed by atoms with van der Waals surface area (Å²) in [6.45, 7) is 4.67. The molecule has 32 heavy (non-hydrogen) atoms. The van der Waals surface area contributed by atoms with Crippen LogP contribution in [0.2, 0.25) is 0 Å². The van der Waals surface area contributed by atoms with Crippen LogP contribution < -0.4 is 9.47 Å².